The Bertz CT molecular complexity index is 544. The summed E-state index contributed by atoms with van der Waals surface area (Å²) < 4.78 is 26.2. The van der Waals surface area contributed by atoms with E-state index in [0.717, 1.165) is 0 Å². The largest absolute Gasteiger partial charge is 0.393 e. The van der Waals surface area contributed by atoms with E-state index in [1.54, 1.807) is 0 Å². The predicted octanol–water partition coefficient (Wildman–Crippen LogP) is 1.24. The quantitative estimate of drug-likeness (QED) is 0.821. The molecule has 0 saturated carbocycles. The van der Waals surface area contributed by atoms with Gasteiger partial charge in [0, 0.05) is 6.54 Å². The molecule has 0 heterocycles. The molecule has 1 atom stereocenters. The van der Waals surface area contributed by atoms with Crippen LogP contribution in [0.4, 0.5) is 0 Å². The van der Waals surface area contributed by atoms with Crippen LogP contribution in [0.2, 0.25) is 0 Å². The van der Waals surface area contributed by atoms with E-state index in [1.165, 1.54) is 24.3 Å². The lowest BCUT2D eigenvalue weighted by atomic mass is 10.1. The normalized spacial score (nSPS) is 13.2. The molecule has 5 nitrogen and oxygen atoms in total. The molecule has 2 N–H and O–H groups in total. The molecule has 0 aliphatic carbocycles. The highest BCUT2D eigenvalue weighted by atomic mass is 32.2. The fraction of sp³-hybridized carbons (Fsp3) is 0.462. The van der Waals surface area contributed by atoms with E-state index in [4.69, 9.17) is 5.26 Å². The zero-order chi connectivity index (χ0) is 14.5. The molecule has 0 radical (unpaired) electrons. The van der Waals surface area contributed by atoms with Gasteiger partial charge in [0.25, 0.3) is 0 Å². The molecule has 0 fully saturated rings. The molecule has 1 rings (SSSR count). The van der Waals surface area contributed by atoms with E-state index >= 15 is 0 Å². The predicted molar refractivity (Wildman–Crippen MR) is 71.8 cm³/mol. The Kier molecular flexibility index (Phi) is 5.48. The Morgan fingerprint density at radius 3 is 2.37 bits per heavy atom. The third-order valence-electron chi connectivity index (χ3n) is 2.80. The van der Waals surface area contributed by atoms with E-state index in [1.807, 2.05) is 19.9 Å². The van der Waals surface area contributed by atoms with Gasteiger partial charge in [0.05, 0.1) is 22.6 Å². The summed E-state index contributed by atoms with van der Waals surface area (Å²) in [6.07, 6.45) is -0.156. The first-order valence-electron chi connectivity index (χ1n) is 6.04. The summed E-state index contributed by atoms with van der Waals surface area (Å²) in [4.78, 5) is 0.116. The van der Waals surface area contributed by atoms with Crippen LogP contribution in [-0.4, -0.2) is 26.2 Å². The van der Waals surface area contributed by atoms with E-state index in [9.17, 15) is 13.5 Å². The molecule has 0 aliphatic heterocycles. The topological polar surface area (TPSA) is 90.2 Å². The van der Waals surface area contributed by atoms with Crippen molar-refractivity contribution < 1.29 is 13.5 Å². The van der Waals surface area contributed by atoms with Crippen LogP contribution in [0, 0.1) is 17.2 Å². The summed E-state index contributed by atoms with van der Waals surface area (Å²) in [5, 5.41) is 18.2. The fourth-order valence-electron chi connectivity index (χ4n) is 1.47. The minimum absolute atomic E-state index is 0.0967. The standard InChI is InChI=1S/C13H18N2O3S/c1-10(2)13(16)7-8-15-19(17,18)12-5-3-11(9-14)4-6-12/h3-6,10,13,15-16H,7-8H2,1-2H3. The van der Waals surface area contributed by atoms with Crippen LogP contribution < -0.4 is 4.72 Å². The third kappa shape index (κ3) is 4.63. The van der Waals surface area contributed by atoms with E-state index in [-0.39, 0.29) is 17.4 Å². The summed E-state index contributed by atoms with van der Waals surface area (Å²) >= 11 is 0. The number of aliphatic hydroxyl groups is 1. The first kappa shape index (κ1) is 15.6. The molecule has 104 valence electrons. The van der Waals surface area contributed by atoms with Crippen molar-refractivity contribution in [3.8, 4) is 6.07 Å². The van der Waals surface area contributed by atoms with Crippen molar-refractivity contribution in [1.29, 1.82) is 5.26 Å². The summed E-state index contributed by atoms with van der Waals surface area (Å²) in [7, 11) is -3.58. The monoisotopic (exact) mass is 282 g/mol. The van der Waals surface area contributed by atoms with Crippen LogP contribution in [-0.2, 0) is 10.0 Å². The van der Waals surface area contributed by atoms with Gasteiger partial charge in [-0.1, -0.05) is 13.8 Å². The second-order valence-electron chi connectivity index (χ2n) is 4.63. The molecule has 0 saturated heterocycles. The first-order valence-corrected chi connectivity index (χ1v) is 7.53. The summed E-state index contributed by atoms with van der Waals surface area (Å²) in [5.41, 5.74) is 0.411. The lowest BCUT2D eigenvalue weighted by Crippen LogP contribution is -2.28. The molecule has 6 heteroatoms. The summed E-state index contributed by atoms with van der Waals surface area (Å²) in [5.74, 6) is 0.0967. The second-order valence-corrected chi connectivity index (χ2v) is 6.40. The number of sulfonamides is 1. The molecule has 0 aliphatic rings. The summed E-state index contributed by atoms with van der Waals surface area (Å²) in [6, 6.07) is 7.62. The van der Waals surface area contributed by atoms with Gasteiger partial charge < -0.3 is 5.11 Å². The molecular formula is C13H18N2O3S. The minimum Gasteiger partial charge on any atom is -0.393 e. The number of nitriles is 1. The van der Waals surface area contributed by atoms with Gasteiger partial charge in [-0.05, 0) is 36.6 Å². The molecule has 19 heavy (non-hydrogen) atoms. The summed E-state index contributed by atoms with van der Waals surface area (Å²) in [6.45, 7) is 3.93. The highest BCUT2D eigenvalue weighted by molar-refractivity contribution is 7.89. The minimum atomic E-state index is -3.58. The molecule has 1 aromatic rings. The van der Waals surface area contributed by atoms with Crippen molar-refractivity contribution in [1.82, 2.24) is 4.72 Å². The van der Waals surface area contributed by atoms with Crippen LogP contribution >= 0.6 is 0 Å². The van der Waals surface area contributed by atoms with Crippen LogP contribution in [0.15, 0.2) is 29.2 Å². The van der Waals surface area contributed by atoms with Gasteiger partial charge >= 0.3 is 0 Å². The van der Waals surface area contributed by atoms with Gasteiger partial charge in [-0.25, -0.2) is 13.1 Å². The number of benzene rings is 1. The zero-order valence-corrected chi connectivity index (χ0v) is 11.8. The van der Waals surface area contributed by atoms with E-state index in [0.29, 0.717) is 12.0 Å². The Balaban J connectivity index is 2.63. The number of rotatable bonds is 6. The molecule has 1 unspecified atom stereocenters. The number of hydrogen-bond acceptors (Lipinski definition) is 4. The van der Waals surface area contributed by atoms with Gasteiger partial charge in [-0.2, -0.15) is 5.26 Å². The molecule has 1 aromatic carbocycles. The van der Waals surface area contributed by atoms with Crippen molar-refractivity contribution in [2.24, 2.45) is 5.92 Å². The van der Waals surface area contributed by atoms with E-state index in [2.05, 4.69) is 4.72 Å². The van der Waals surface area contributed by atoms with Crippen LogP contribution in [0.1, 0.15) is 25.8 Å². The zero-order valence-electron chi connectivity index (χ0n) is 11.0. The maximum absolute atomic E-state index is 11.9. The van der Waals surface area contributed by atoms with Gasteiger partial charge in [0.2, 0.25) is 10.0 Å². The van der Waals surface area contributed by atoms with Crippen LogP contribution in [0.25, 0.3) is 0 Å². The van der Waals surface area contributed by atoms with Gasteiger partial charge in [0.1, 0.15) is 0 Å². The van der Waals surface area contributed by atoms with Crippen LogP contribution in [0.3, 0.4) is 0 Å². The average Bonchev–Trinajstić information content (AvgIpc) is 2.38. The third-order valence-corrected chi connectivity index (χ3v) is 4.27. The van der Waals surface area contributed by atoms with Crippen molar-refractivity contribution in [3.05, 3.63) is 29.8 Å². The molecule has 0 amide bonds. The highest BCUT2D eigenvalue weighted by Gasteiger charge is 2.15. The lowest BCUT2D eigenvalue weighted by Gasteiger charge is -2.14. The molecule has 0 spiro atoms. The van der Waals surface area contributed by atoms with Gasteiger partial charge in [-0.15, -0.1) is 0 Å². The Morgan fingerprint density at radius 2 is 1.89 bits per heavy atom. The van der Waals surface area contributed by atoms with Crippen molar-refractivity contribution in [2.45, 2.75) is 31.3 Å². The maximum atomic E-state index is 11.9. The SMILES string of the molecule is CC(C)C(O)CCNS(=O)(=O)c1ccc(C#N)cc1. The Morgan fingerprint density at radius 1 is 1.32 bits per heavy atom. The molecule has 0 bridgehead atoms. The average molecular weight is 282 g/mol. The Hall–Kier alpha value is -1.42. The lowest BCUT2D eigenvalue weighted by molar-refractivity contribution is 0.118. The van der Waals surface area contributed by atoms with E-state index < -0.39 is 16.1 Å². The number of nitrogens with zero attached hydrogens (tertiary/aromatic N) is 1. The van der Waals surface area contributed by atoms with Crippen LogP contribution in [0.5, 0.6) is 0 Å². The van der Waals surface area contributed by atoms with Crippen molar-refractivity contribution in [2.75, 3.05) is 6.54 Å². The van der Waals surface area contributed by atoms with Crippen molar-refractivity contribution in [3.63, 3.8) is 0 Å². The van der Waals surface area contributed by atoms with Gasteiger partial charge in [0.15, 0.2) is 0 Å². The second kappa shape index (κ2) is 6.66. The van der Waals surface area contributed by atoms with Gasteiger partial charge in [-0.3, -0.25) is 0 Å². The number of aliphatic hydroxyl groups excluding tert-OH is 1. The van der Waals surface area contributed by atoms with Crippen molar-refractivity contribution >= 4 is 10.0 Å². The smallest absolute Gasteiger partial charge is 0.240 e. The molecule has 0 aromatic heterocycles. The Labute approximate surface area is 113 Å². The fourth-order valence-corrected chi connectivity index (χ4v) is 2.51. The highest BCUT2D eigenvalue weighted by Crippen LogP contribution is 2.10. The number of nitrogens with one attached hydrogen (secondary N) is 1. The molecular weight excluding hydrogens is 264 g/mol. The first-order chi connectivity index (χ1) is 8.86. The maximum Gasteiger partial charge on any atom is 0.240 e. The number of hydrogen-bond donors (Lipinski definition) is 2.